The summed E-state index contributed by atoms with van der Waals surface area (Å²) in [6, 6.07) is 6.64. The van der Waals surface area contributed by atoms with Crippen molar-refractivity contribution < 1.29 is 0 Å². The molecule has 2 heterocycles. The molecule has 4 heteroatoms. The first kappa shape index (κ1) is 11.4. The van der Waals surface area contributed by atoms with E-state index in [2.05, 4.69) is 46.8 Å². The third-order valence-electron chi connectivity index (χ3n) is 3.75. The quantitative estimate of drug-likeness (QED) is 0.830. The van der Waals surface area contributed by atoms with Gasteiger partial charge in [0.25, 0.3) is 0 Å². The van der Waals surface area contributed by atoms with Crippen molar-refractivity contribution in [3.8, 4) is 11.4 Å². The number of aromatic nitrogens is 3. The van der Waals surface area contributed by atoms with Gasteiger partial charge < -0.3 is 10.3 Å². The monoisotopic (exact) mass is 242 g/mol. The number of nitrogens with two attached hydrogens (primary N) is 1. The lowest BCUT2D eigenvalue weighted by atomic mass is 10.0. The van der Waals surface area contributed by atoms with Crippen molar-refractivity contribution in [3.05, 3.63) is 35.2 Å². The highest BCUT2D eigenvalue weighted by Crippen LogP contribution is 2.24. The van der Waals surface area contributed by atoms with E-state index in [1.807, 2.05) is 0 Å². The molecule has 0 bridgehead atoms. The Morgan fingerprint density at radius 2 is 2.06 bits per heavy atom. The van der Waals surface area contributed by atoms with Gasteiger partial charge in [-0.2, -0.15) is 0 Å². The Bertz CT molecular complexity index is 585. The Labute approximate surface area is 107 Å². The van der Waals surface area contributed by atoms with E-state index >= 15 is 0 Å². The molecule has 1 aromatic carbocycles. The third-order valence-corrected chi connectivity index (χ3v) is 3.75. The maximum absolute atomic E-state index is 6.03. The molecule has 1 aliphatic heterocycles. The van der Waals surface area contributed by atoms with Crippen molar-refractivity contribution in [1.29, 1.82) is 0 Å². The van der Waals surface area contributed by atoms with Crippen LogP contribution in [0.25, 0.3) is 11.4 Å². The average molecular weight is 242 g/mol. The van der Waals surface area contributed by atoms with Crippen molar-refractivity contribution in [3.63, 3.8) is 0 Å². The van der Waals surface area contributed by atoms with Gasteiger partial charge in [0.05, 0.1) is 0 Å². The van der Waals surface area contributed by atoms with Crippen LogP contribution >= 0.6 is 0 Å². The third kappa shape index (κ3) is 1.82. The molecule has 0 spiro atoms. The van der Waals surface area contributed by atoms with E-state index in [1.165, 1.54) is 11.1 Å². The fraction of sp³-hybridized carbons (Fsp3) is 0.429. The van der Waals surface area contributed by atoms with Crippen LogP contribution in [-0.2, 0) is 13.0 Å². The number of aryl methyl sites for hydroxylation is 3. The second kappa shape index (κ2) is 4.21. The summed E-state index contributed by atoms with van der Waals surface area (Å²) in [5.74, 6) is 2.01. The first-order valence-electron chi connectivity index (χ1n) is 6.40. The molecule has 0 aliphatic carbocycles. The summed E-state index contributed by atoms with van der Waals surface area (Å²) >= 11 is 0. The van der Waals surface area contributed by atoms with E-state index < -0.39 is 0 Å². The normalized spacial score (nSPS) is 18.7. The molecule has 0 saturated carbocycles. The summed E-state index contributed by atoms with van der Waals surface area (Å²) in [5, 5.41) is 8.61. The Balaban J connectivity index is 2.07. The van der Waals surface area contributed by atoms with Crippen LogP contribution < -0.4 is 5.73 Å². The summed E-state index contributed by atoms with van der Waals surface area (Å²) < 4.78 is 2.16. The van der Waals surface area contributed by atoms with E-state index in [1.54, 1.807) is 0 Å². The second-order valence-electron chi connectivity index (χ2n) is 5.15. The van der Waals surface area contributed by atoms with Crippen LogP contribution in [0.3, 0.4) is 0 Å². The van der Waals surface area contributed by atoms with Gasteiger partial charge in [0, 0.05) is 24.6 Å². The fourth-order valence-electron chi connectivity index (χ4n) is 2.45. The van der Waals surface area contributed by atoms with Gasteiger partial charge in [-0.25, -0.2) is 0 Å². The maximum Gasteiger partial charge on any atom is 0.164 e. The Morgan fingerprint density at radius 1 is 1.22 bits per heavy atom. The highest BCUT2D eigenvalue weighted by Gasteiger charge is 2.21. The van der Waals surface area contributed by atoms with Gasteiger partial charge in [-0.05, 0) is 37.5 Å². The van der Waals surface area contributed by atoms with E-state index in [0.29, 0.717) is 0 Å². The number of hydrogen-bond acceptors (Lipinski definition) is 3. The van der Waals surface area contributed by atoms with Crippen LogP contribution in [0.5, 0.6) is 0 Å². The Kier molecular flexibility index (Phi) is 2.67. The van der Waals surface area contributed by atoms with Crippen molar-refractivity contribution in [2.45, 2.75) is 39.3 Å². The first-order chi connectivity index (χ1) is 8.65. The molecule has 1 aliphatic rings. The summed E-state index contributed by atoms with van der Waals surface area (Å²) in [5.41, 5.74) is 9.75. The molecule has 4 nitrogen and oxygen atoms in total. The lowest BCUT2D eigenvalue weighted by molar-refractivity contribution is 0.456. The van der Waals surface area contributed by atoms with Crippen LogP contribution in [0.15, 0.2) is 18.2 Å². The molecular weight excluding hydrogens is 224 g/mol. The zero-order chi connectivity index (χ0) is 12.7. The molecule has 0 fully saturated rings. The second-order valence-corrected chi connectivity index (χ2v) is 5.15. The number of nitrogens with zero attached hydrogens (tertiary/aromatic N) is 3. The van der Waals surface area contributed by atoms with Crippen LogP contribution in [0.4, 0.5) is 0 Å². The van der Waals surface area contributed by atoms with Gasteiger partial charge in [-0.3, -0.25) is 0 Å². The topological polar surface area (TPSA) is 56.7 Å². The van der Waals surface area contributed by atoms with Gasteiger partial charge in [-0.1, -0.05) is 12.1 Å². The fourth-order valence-corrected chi connectivity index (χ4v) is 2.45. The number of hydrogen-bond donors (Lipinski definition) is 1. The lowest BCUT2D eigenvalue weighted by Gasteiger charge is -2.20. The smallest absolute Gasteiger partial charge is 0.164 e. The van der Waals surface area contributed by atoms with Crippen LogP contribution in [0.1, 0.15) is 23.4 Å². The average Bonchev–Trinajstić information content (AvgIpc) is 2.75. The minimum absolute atomic E-state index is 0.221. The predicted octanol–water partition coefficient (Wildman–Crippen LogP) is 1.84. The van der Waals surface area contributed by atoms with E-state index in [4.69, 9.17) is 5.73 Å². The Hall–Kier alpha value is -1.68. The summed E-state index contributed by atoms with van der Waals surface area (Å²) in [4.78, 5) is 0. The first-order valence-corrected chi connectivity index (χ1v) is 6.40. The molecule has 1 atom stereocenters. The molecule has 94 valence electrons. The number of benzene rings is 1. The van der Waals surface area contributed by atoms with Crippen LogP contribution in [-0.4, -0.2) is 20.8 Å². The van der Waals surface area contributed by atoms with Gasteiger partial charge in [0.2, 0.25) is 0 Å². The van der Waals surface area contributed by atoms with Gasteiger partial charge in [0.15, 0.2) is 5.82 Å². The lowest BCUT2D eigenvalue weighted by Crippen LogP contribution is -2.32. The molecular formula is C14H18N4. The van der Waals surface area contributed by atoms with Gasteiger partial charge in [0.1, 0.15) is 5.82 Å². The van der Waals surface area contributed by atoms with Gasteiger partial charge >= 0.3 is 0 Å². The van der Waals surface area contributed by atoms with Crippen LogP contribution in [0.2, 0.25) is 0 Å². The van der Waals surface area contributed by atoms with Gasteiger partial charge in [-0.15, -0.1) is 10.2 Å². The number of rotatable bonds is 1. The zero-order valence-electron chi connectivity index (χ0n) is 10.8. The zero-order valence-corrected chi connectivity index (χ0v) is 10.8. The molecule has 18 heavy (non-hydrogen) atoms. The molecule has 1 unspecified atom stereocenters. The van der Waals surface area contributed by atoms with Crippen molar-refractivity contribution in [2.24, 2.45) is 5.73 Å². The molecule has 2 aromatic rings. The molecule has 0 saturated heterocycles. The maximum atomic E-state index is 6.03. The van der Waals surface area contributed by atoms with E-state index in [0.717, 1.165) is 36.6 Å². The molecule has 1 aromatic heterocycles. The minimum Gasteiger partial charge on any atom is -0.326 e. The van der Waals surface area contributed by atoms with E-state index in [9.17, 15) is 0 Å². The molecule has 2 N–H and O–H groups in total. The standard InChI is InChI=1S/C14H18N4/c1-9-3-4-11(7-10(9)2)14-17-16-13-6-5-12(15)8-18(13)14/h3-4,7,12H,5-6,8,15H2,1-2H3. The predicted molar refractivity (Wildman–Crippen MR) is 71.2 cm³/mol. The van der Waals surface area contributed by atoms with Crippen molar-refractivity contribution >= 4 is 0 Å². The Morgan fingerprint density at radius 3 is 2.83 bits per heavy atom. The number of fused-ring (bicyclic) bond motifs is 1. The summed E-state index contributed by atoms with van der Waals surface area (Å²) in [6.07, 6.45) is 1.93. The highest BCUT2D eigenvalue weighted by molar-refractivity contribution is 5.57. The summed E-state index contributed by atoms with van der Waals surface area (Å²) in [7, 11) is 0. The largest absolute Gasteiger partial charge is 0.326 e. The van der Waals surface area contributed by atoms with Crippen molar-refractivity contribution in [2.75, 3.05) is 0 Å². The summed E-state index contributed by atoms with van der Waals surface area (Å²) in [6.45, 7) is 5.07. The van der Waals surface area contributed by atoms with Crippen LogP contribution in [0, 0.1) is 13.8 Å². The van der Waals surface area contributed by atoms with E-state index in [-0.39, 0.29) is 6.04 Å². The molecule has 3 rings (SSSR count). The SMILES string of the molecule is Cc1ccc(-c2nnc3n2CC(N)CC3)cc1C. The molecule has 0 amide bonds. The van der Waals surface area contributed by atoms with Crippen molar-refractivity contribution in [1.82, 2.24) is 14.8 Å². The highest BCUT2D eigenvalue weighted by atomic mass is 15.3. The molecule has 0 radical (unpaired) electrons. The minimum atomic E-state index is 0.221.